The van der Waals surface area contributed by atoms with E-state index in [1.807, 2.05) is 18.2 Å². The number of methoxy groups -OCH3 is 2. The summed E-state index contributed by atoms with van der Waals surface area (Å²) in [7, 11) is 3.39. The predicted molar refractivity (Wildman–Crippen MR) is 69.7 cm³/mol. The largest absolute Gasteiger partial charge is 0.497 e. The maximum atomic E-state index is 5.88. The van der Waals surface area contributed by atoms with Crippen molar-refractivity contribution in [2.75, 3.05) is 38.0 Å². The highest BCUT2D eigenvalue weighted by Gasteiger charge is 2.29. The Hall–Kier alpha value is -1.42. The van der Waals surface area contributed by atoms with E-state index in [2.05, 4.69) is 4.90 Å². The molecular formula is C13H20N2O2. The fourth-order valence-electron chi connectivity index (χ4n) is 1.99. The number of nitrogens with two attached hydrogens (primary N) is 1. The van der Waals surface area contributed by atoms with Crippen LogP contribution < -0.4 is 15.4 Å². The van der Waals surface area contributed by atoms with Gasteiger partial charge in [0.25, 0.3) is 0 Å². The van der Waals surface area contributed by atoms with Crippen molar-refractivity contribution >= 4 is 11.4 Å². The fraction of sp³-hybridized carbons (Fsp3) is 0.538. The van der Waals surface area contributed by atoms with Gasteiger partial charge in [-0.15, -0.1) is 0 Å². The number of nitrogens with zero attached hydrogens (tertiary/aromatic N) is 1. The standard InChI is InChI=1S/C13H20N2O2/c1-16-6-5-15(11-3-4-11)12-7-10(14)8-13(9-12)17-2/h7-9,11H,3-6,14H2,1-2H3. The first-order valence-corrected chi connectivity index (χ1v) is 5.94. The Labute approximate surface area is 102 Å². The average molecular weight is 236 g/mol. The van der Waals surface area contributed by atoms with Crippen LogP contribution in [0.25, 0.3) is 0 Å². The van der Waals surface area contributed by atoms with Crippen molar-refractivity contribution in [2.24, 2.45) is 0 Å². The van der Waals surface area contributed by atoms with Gasteiger partial charge in [0.15, 0.2) is 0 Å². The third-order valence-electron chi connectivity index (χ3n) is 3.00. The molecule has 0 bridgehead atoms. The SMILES string of the molecule is COCCN(c1cc(N)cc(OC)c1)C1CC1. The molecule has 1 aliphatic carbocycles. The molecular weight excluding hydrogens is 216 g/mol. The van der Waals surface area contributed by atoms with Gasteiger partial charge < -0.3 is 20.1 Å². The summed E-state index contributed by atoms with van der Waals surface area (Å²) < 4.78 is 10.4. The number of ether oxygens (including phenoxy) is 2. The van der Waals surface area contributed by atoms with E-state index in [1.165, 1.54) is 12.8 Å². The Bertz CT molecular complexity index is 378. The van der Waals surface area contributed by atoms with Gasteiger partial charge in [0, 0.05) is 43.2 Å². The first-order valence-electron chi connectivity index (χ1n) is 5.94. The highest BCUT2D eigenvalue weighted by atomic mass is 16.5. The molecule has 2 rings (SSSR count). The van der Waals surface area contributed by atoms with Gasteiger partial charge in [0.05, 0.1) is 13.7 Å². The van der Waals surface area contributed by atoms with Crippen LogP contribution in [0.1, 0.15) is 12.8 Å². The number of hydrogen-bond acceptors (Lipinski definition) is 4. The van der Waals surface area contributed by atoms with Crippen LogP contribution in [-0.2, 0) is 4.74 Å². The topological polar surface area (TPSA) is 47.7 Å². The van der Waals surface area contributed by atoms with Crippen molar-refractivity contribution in [2.45, 2.75) is 18.9 Å². The summed E-state index contributed by atoms with van der Waals surface area (Å²) in [5.74, 6) is 0.808. The lowest BCUT2D eigenvalue weighted by Crippen LogP contribution is -2.29. The molecule has 0 aromatic heterocycles. The van der Waals surface area contributed by atoms with Crippen LogP contribution in [0.2, 0.25) is 0 Å². The number of rotatable bonds is 6. The van der Waals surface area contributed by atoms with Crippen LogP contribution in [0.5, 0.6) is 5.75 Å². The van der Waals surface area contributed by atoms with E-state index in [0.717, 1.165) is 30.3 Å². The van der Waals surface area contributed by atoms with Crippen LogP contribution in [0.4, 0.5) is 11.4 Å². The molecule has 1 aromatic rings. The quantitative estimate of drug-likeness (QED) is 0.766. The van der Waals surface area contributed by atoms with E-state index < -0.39 is 0 Å². The van der Waals surface area contributed by atoms with Crippen molar-refractivity contribution in [3.05, 3.63) is 18.2 Å². The second-order valence-electron chi connectivity index (χ2n) is 4.38. The molecule has 0 atom stereocenters. The molecule has 1 aliphatic rings. The Morgan fingerprint density at radius 3 is 2.65 bits per heavy atom. The summed E-state index contributed by atoms with van der Waals surface area (Å²) in [4.78, 5) is 2.35. The second kappa shape index (κ2) is 5.27. The minimum atomic E-state index is 0.636. The molecule has 0 amide bonds. The number of hydrogen-bond donors (Lipinski definition) is 1. The van der Waals surface area contributed by atoms with Gasteiger partial charge in [-0.05, 0) is 18.9 Å². The summed E-state index contributed by atoms with van der Waals surface area (Å²) in [6.45, 7) is 1.63. The zero-order chi connectivity index (χ0) is 12.3. The molecule has 1 fully saturated rings. The van der Waals surface area contributed by atoms with Gasteiger partial charge in [-0.2, -0.15) is 0 Å². The molecule has 0 saturated heterocycles. The van der Waals surface area contributed by atoms with Crippen molar-refractivity contribution in [1.82, 2.24) is 0 Å². The van der Waals surface area contributed by atoms with Crippen LogP contribution >= 0.6 is 0 Å². The molecule has 1 aromatic carbocycles. The van der Waals surface area contributed by atoms with E-state index in [-0.39, 0.29) is 0 Å². The van der Waals surface area contributed by atoms with Crippen LogP contribution in [0.3, 0.4) is 0 Å². The summed E-state index contributed by atoms with van der Waals surface area (Å²) in [6.07, 6.45) is 2.50. The minimum absolute atomic E-state index is 0.636. The molecule has 17 heavy (non-hydrogen) atoms. The monoisotopic (exact) mass is 236 g/mol. The Morgan fingerprint density at radius 2 is 2.06 bits per heavy atom. The molecule has 0 aliphatic heterocycles. The maximum absolute atomic E-state index is 5.88. The third-order valence-corrected chi connectivity index (χ3v) is 3.00. The lowest BCUT2D eigenvalue weighted by molar-refractivity contribution is 0.205. The van der Waals surface area contributed by atoms with Crippen LogP contribution in [-0.4, -0.2) is 33.4 Å². The second-order valence-corrected chi connectivity index (χ2v) is 4.38. The lowest BCUT2D eigenvalue weighted by Gasteiger charge is -2.25. The van der Waals surface area contributed by atoms with Crippen LogP contribution in [0, 0.1) is 0 Å². The Balaban J connectivity index is 2.18. The Morgan fingerprint density at radius 1 is 1.29 bits per heavy atom. The van der Waals surface area contributed by atoms with Gasteiger partial charge in [0.1, 0.15) is 5.75 Å². The summed E-state index contributed by atoms with van der Waals surface area (Å²) in [6, 6.07) is 6.50. The zero-order valence-corrected chi connectivity index (χ0v) is 10.5. The fourth-order valence-corrected chi connectivity index (χ4v) is 1.99. The number of anilines is 2. The van der Waals surface area contributed by atoms with Crippen LogP contribution in [0.15, 0.2) is 18.2 Å². The van der Waals surface area contributed by atoms with E-state index in [9.17, 15) is 0 Å². The predicted octanol–water partition coefficient (Wildman–Crippen LogP) is 1.89. The van der Waals surface area contributed by atoms with E-state index >= 15 is 0 Å². The molecule has 94 valence electrons. The molecule has 0 heterocycles. The molecule has 0 unspecified atom stereocenters. The van der Waals surface area contributed by atoms with Crippen molar-refractivity contribution in [3.8, 4) is 5.75 Å². The normalized spacial score (nSPS) is 14.7. The Kier molecular flexibility index (Phi) is 3.74. The maximum Gasteiger partial charge on any atom is 0.122 e. The van der Waals surface area contributed by atoms with Gasteiger partial charge in [-0.1, -0.05) is 0 Å². The molecule has 0 spiro atoms. The zero-order valence-electron chi connectivity index (χ0n) is 10.5. The highest BCUT2D eigenvalue weighted by Crippen LogP contribution is 2.34. The first-order chi connectivity index (χ1) is 8.24. The van der Waals surface area contributed by atoms with Gasteiger partial charge in [-0.25, -0.2) is 0 Å². The van der Waals surface area contributed by atoms with E-state index in [4.69, 9.17) is 15.2 Å². The number of benzene rings is 1. The third kappa shape index (κ3) is 3.03. The van der Waals surface area contributed by atoms with Crippen molar-refractivity contribution < 1.29 is 9.47 Å². The molecule has 0 radical (unpaired) electrons. The lowest BCUT2D eigenvalue weighted by atomic mass is 10.2. The molecule has 2 N–H and O–H groups in total. The van der Waals surface area contributed by atoms with Crippen molar-refractivity contribution in [3.63, 3.8) is 0 Å². The molecule has 1 saturated carbocycles. The molecule has 4 heteroatoms. The summed E-state index contributed by atoms with van der Waals surface area (Å²) in [5.41, 5.74) is 7.75. The van der Waals surface area contributed by atoms with E-state index in [1.54, 1.807) is 14.2 Å². The average Bonchev–Trinajstić information content (AvgIpc) is 3.13. The number of nitrogen functional groups attached to an aromatic ring is 1. The van der Waals surface area contributed by atoms with Gasteiger partial charge in [0.2, 0.25) is 0 Å². The summed E-state index contributed by atoms with van der Waals surface area (Å²) >= 11 is 0. The van der Waals surface area contributed by atoms with Gasteiger partial charge >= 0.3 is 0 Å². The summed E-state index contributed by atoms with van der Waals surface area (Å²) in [5, 5.41) is 0. The highest BCUT2D eigenvalue weighted by molar-refractivity contribution is 5.61. The first kappa shape index (κ1) is 12.0. The molecule has 4 nitrogen and oxygen atoms in total. The smallest absolute Gasteiger partial charge is 0.122 e. The van der Waals surface area contributed by atoms with Crippen molar-refractivity contribution in [1.29, 1.82) is 0 Å². The van der Waals surface area contributed by atoms with E-state index in [0.29, 0.717) is 6.04 Å². The van der Waals surface area contributed by atoms with Gasteiger partial charge in [-0.3, -0.25) is 0 Å². The minimum Gasteiger partial charge on any atom is -0.497 e.